The van der Waals surface area contributed by atoms with Gasteiger partial charge in [0.25, 0.3) is 0 Å². The van der Waals surface area contributed by atoms with Gasteiger partial charge in [-0.15, -0.1) is 0 Å². The van der Waals surface area contributed by atoms with Crippen molar-refractivity contribution in [2.45, 2.75) is 83.5 Å². The molecule has 2 aliphatic rings. The van der Waals surface area contributed by atoms with E-state index in [0.717, 1.165) is 30.6 Å². The molecule has 2 fully saturated rings. The summed E-state index contributed by atoms with van der Waals surface area (Å²) in [6.07, 6.45) is 14.2. The van der Waals surface area contributed by atoms with E-state index in [1.54, 1.807) is 6.07 Å². The highest BCUT2D eigenvalue weighted by Crippen LogP contribution is 2.44. The zero-order valence-corrected chi connectivity index (χ0v) is 14.9. The van der Waals surface area contributed by atoms with Gasteiger partial charge in [-0.05, 0) is 74.3 Å². The van der Waals surface area contributed by atoms with Crippen LogP contribution in [0.3, 0.4) is 0 Å². The summed E-state index contributed by atoms with van der Waals surface area (Å²) < 4.78 is 26.9. The number of halogens is 2. The van der Waals surface area contributed by atoms with E-state index in [-0.39, 0.29) is 5.92 Å². The molecule has 0 bridgehead atoms. The summed E-state index contributed by atoms with van der Waals surface area (Å²) in [5.74, 6) is 1.59. The van der Waals surface area contributed by atoms with Gasteiger partial charge in [-0.25, -0.2) is 0 Å². The maximum absolute atomic E-state index is 13.9. The van der Waals surface area contributed by atoms with Gasteiger partial charge in [0.1, 0.15) is 0 Å². The maximum atomic E-state index is 13.9. The van der Waals surface area contributed by atoms with Crippen LogP contribution in [0.4, 0.5) is 8.78 Å². The molecule has 0 saturated heterocycles. The first-order valence-electron chi connectivity index (χ1n) is 9.99. The Morgan fingerprint density at radius 3 is 2.12 bits per heavy atom. The van der Waals surface area contributed by atoms with Gasteiger partial charge < -0.3 is 0 Å². The number of aromatic nitrogens is 1. The second-order valence-corrected chi connectivity index (χ2v) is 8.05. The molecule has 0 spiro atoms. The average molecular weight is 335 g/mol. The molecule has 3 rings (SSSR count). The molecule has 0 aliphatic heterocycles. The van der Waals surface area contributed by atoms with E-state index in [0.29, 0.717) is 5.56 Å². The third-order valence-electron chi connectivity index (χ3n) is 6.58. The average Bonchev–Trinajstić information content (AvgIpc) is 2.61. The molecule has 24 heavy (non-hydrogen) atoms. The SMILES string of the molecule is CCCC[C@H]1CC[C@H](C2CCC(c3ccc(F)nc3F)CC2)CC1. The fraction of sp³-hybridized carbons (Fsp3) is 0.762. The van der Waals surface area contributed by atoms with Crippen molar-refractivity contribution in [3.63, 3.8) is 0 Å². The Balaban J connectivity index is 1.47. The van der Waals surface area contributed by atoms with Crippen LogP contribution in [0.25, 0.3) is 0 Å². The summed E-state index contributed by atoms with van der Waals surface area (Å²) in [5, 5.41) is 0. The second-order valence-electron chi connectivity index (χ2n) is 8.05. The summed E-state index contributed by atoms with van der Waals surface area (Å²) >= 11 is 0. The number of pyridine rings is 1. The van der Waals surface area contributed by atoms with Crippen molar-refractivity contribution in [1.29, 1.82) is 0 Å². The Labute approximate surface area is 145 Å². The smallest absolute Gasteiger partial charge is 0.190 e. The number of nitrogens with zero attached hydrogens (tertiary/aromatic N) is 1. The van der Waals surface area contributed by atoms with Crippen molar-refractivity contribution >= 4 is 0 Å². The summed E-state index contributed by atoms with van der Waals surface area (Å²) in [7, 11) is 0. The number of rotatable bonds is 5. The minimum atomic E-state index is -0.718. The van der Waals surface area contributed by atoms with E-state index >= 15 is 0 Å². The van der Waals surface area contributed by atoms with Crippen molar-refractivity contribution in [3.05, 3.63) is 29.6 Å². The highest BCUT2D eigenvalue weighted by molar-refractivity contribution is 5.17. The molecule has 0 aromatic carbocycles. The van der Waals surface area contributed by atoms with Gasteiger partial charge in [0.05, 0.1) is 0 Å². The molecular formula is C21H31F2N. The zero-order chi connectivity index (χ0) is 16.9. The van der Waals surface area contributed by atoms with Gasteiger partial charge >= 0.3 is 0 Å². The Morgan fingerprint density at radius 2 is 1.54 bits per heavy atom. The predicted molar refractivity (Wildman–Crippen MR) is 93.8 cm³/mol. The lowest BCUT2D eigenvalue weighted by Gasteiger charge is -2.38. The van der Waals surface area contributed by atoms with Crippen LogP contribution in [-0.2, 0) is 0 Å². The van der Waals surface area contributed by atoms with Crippen LogP contribution >= 0.6 is 0 Å². The standard InChI is InChI=1S/C21H31F2N/c1-2-3-4-15-5-7-16(8-6-15)17-9-11-18(12-10-17)19-13-14-20(22)24-21(19)23/h13-18H,2-12H2,1H3/t15-,16-,17?,18?. The van der Waals surface area contributed by atoms with Crippen LogP contribution < -0.4 is 0 Å². The fourth-order valence-corrected chi connectivity index (χ4v) is 5.07. The summed E-state index contributed by atoms with van der Waals surface area (Å²) in [6.45, 7) is 2.28. The van der Waals surface area contributed by atoms with Crippen LogP contribution in [0, 0.1) is 29.6 Å². The molecule has 0 atom stereocenters. The van der Waals surface area contributed by atoms with Crippen molar-refractivity contribution in [2.24, 2.45) is 17.8 Å². The summed E-state index contributed by atoms with van der Waals surface area (Å²) in [4.78, 5) is 3.36. The van der Waals surface area contributed by atoms with Crippen LogP contribution in [-0.4, -0.2) is 4.98 Å². The van der Waals surface area contributed by atoms with Crippen LogP contribution in [0.5, 0.6) is 0 Å². The predicted octanol–water partition coefficient (Wildman–Crippen LogP) is 6.63. The second kappa shape index (κ2) is 8.40. The molecule has 134 valence electrons. The molecular weight excluding hydrogens is 304 g/mol. The third kappa shape index (κ3) is 4.34. The minimum Gasteiger partial charge on any atom is -0.190 e. The monoisotopic (exact) mass is 335 g/mol. The lowest BCUT2D eigenvalue weighted by Crippen LogP contribution is -2.25. The van der Waals surface area contributed by atoms with E-state index in [1.807, 2.05) is 0 Å². The first-order chi connectivity index (χ1) is 11.7. The quantitative estimate of drug-likeness (QED) is 0.550. The molecule has 1 aromatic rings. The first-order valence-corrected chi connectivity index (χ1v) is 9.99. The number of hydrogen-bond acceptors (Lipinski definition) is 1. The highest BCUT2D eigenvalue weighted by Gasteiger charge is 2.32. The van der Waals surface area contributed by atoms with Crippen molar-refractivity contribution in [1.82, 2.24) is 4.98 Å². The molecule has 2 saturated carbocycles. The maximum Gasteiger partial charge on any atom is 0.218 e. The topological polar surface area (TPSA) is 12.9 Å². The molecule has 0 N–H and O–H groups in total. The van der Waals surface area contributed by atoms with Gasteiger partial charge in [-0.1, -0.05) is 39.0 Å². The van der Waals surface area contributed by atoms with Gasteiger partial charge in [0, 0.05) is 5.56 Å². The Hall–Kier alpha value is -0.990. The molecule has 3 heteroatoms. The van der Waals surface area contributed by atoms with Gasteiger partial charge in [0.2, 0.25) is 11.9 Å². The van der Waals surface area contributed by atoms with Crippen molar-refractivity contribution in [2.75, 3.05) is 0 Å². The Bertz CT molecular complexity index is 515. The Morgan fingerprint density at radius 1 is 0.917 bits per heavy atom. The van der Waals surface area contributed by atoms with Crippen LogP contribution in [0.2, 0.25) is 0 Å². The lowest BCUT2D eigenvalue weighted by molar-refractivity contribution is 0.155. The fourth-order valence-electron chi connectivity index (χ4n) is 5.07. The molecule has 1 nitrogen and oxygen atoms in total. The van der Waals surface area contributed by atoms with Crippen LogP contribution in [0.1, 0.15) is 89.0 Å². The van der Waals surface area contributed by atoms with E-state index in [4.69, 9.17) is 0 Å². The highest BCUT2D eigenvalue weighted by atomic mass is 19.1. The Kier molecular flexibility index (Phi) is 6.24. The van der Waals surface area contributed by atoms with Crippen molar-refractivity contribution < 1.29 is 8.78 Å². The third-order valence-corrected chi connectivity index (χ3v) is 6.58. The van der Waals surface area contributed by atoms with Gasteiger partial charge in [-0.2, -0.15) is 13.8 Å². The molecule has 1 heterocycles. The minimum absolute atomic E-state index is 0.232. The van der Waals surface area contributed by atoms with Gasteiger partial charge in [-0.3, -0.25) is 0 Å². The zero-order valence-electron chi connectivity index (χ0n) is 14.9. The largest absolute Gasteiger partial charge is 0.218 e. The normalized spacial score (nSPS) is 31.1. The van der Waals surface area contributed by atoms with Crippen LogP contribution in [0.15, 0.2) is 12.1 Å². The molecule has 0 radical (unpaired) electrons. The van der Waals surface area contributed by atoms with E-state index in [2.05, 4.69) is 11.9 Å². The number of unbranched alkanes of at least 4 members (excludes halogenated alkanes) is 1. The van der Waals surface area contributed by atoms with Gasteiger partial charge in [0.15, 0.2) is 0 Å². The molecule has 1 aromatic heterocycles. The first kappa shape index (κ1) is 17.8. The van der Waals surface area contributed by atoms with E-state index < -0.39 is 11.9 Å². The lowest BCUT2D eigenvalue weighted by atomic mass is 9.68. The molecule has 0 amide bonds. The summed E-state index contributed by atoms with van der Waals surface area (Å²) in [5.41, 5.74) is 0.623. The summed E-state index contributed by atoms with van der Waals surface area (Å²) in [6, 6.07) is 2.89. The molecule has 2 aliphatic carbocycles. The van der Waals surface area contributed by atoms with E-state index in [9.17, 15) is 8.78 Å². The molecule has 0 unspecified atom stereocenters. The number of hydrogen-bond donors (Lipinski definition) is 0. The van der Waals surface area contributed by atoms with E-state index in [1.165, 1.54) is 63.9 Å². The van der Waals surface area contributed by atoms with Crippen molar-refractivity contribution in [3.8, 4) is 0 Å².